The summed E-state index contributed by atoms with van der Waals surface area (Å²) in [6, 6.07) is 11.0. The molecule has 18 heavy (non-hydrogen) atoms. The van der Waals surface area contributed by atoms with Gasteiger partial charge in [-0.1, -0.05) is 28.1 Å². The Morgan fingerprint density at radius 1 is 1.22 bits per heavy atom. The lowest BCUT2D eigenvalue weighted by molar-refractivity contribution is 0.0728. The molecule has 0 N–H and O–H groups in total. The van der Waals surface area contributed by atoms with Gasteiger partial charge in [0.05, 0.1) is 5.56 Å². The van der Waals surface area contributed by atoms with Crippen LogP contribution in [0.15, 0.2) is 46.9 Å². The number of esters is 1. The molecule has 4 heteroatoms. The van der Waals surface area contributed by atoms with Crippen molar-refractivity contribution in [1.29, 1.82) is 0 Å². The number of hydrogen-bond acceptors (Lipinski definition) is 2. The van der Waals surface area contributed by atoms with Crippen molar-refractivity contribution < 1.29 is 13.9 Å². The molecule has 0 bridgehead atoms. The molecule has 0 fully saturated rings. The molecule has 2 aromatic carbocycles. The number of rotatable bonds is 2. The maximum absolute atomic E-state index is 13.4. The number of carbonyl (C=O) groups excluding carboxylic acids is 1. The van der Waals surface area contributed by atoms with E-state index in [9.17, 15) is 9.18 Å². The second-order valence-corrected chi connectivity index (χ2v) is 4.69. The van der Waals surface area contributed by atoms with Gasteiger partial charge >= 0.3 is 5.97 Å². The first kappa shape index (κ1) is 12.8. The molecule has 0 aliphatic rings. The van der Waals surface area contributed by atoms with E-state index in [1.807, 2.05) is 13.0 Å². The van der Waals surface area contributed by atoms with E-state index in [1.54, 1.807) is 18.2 Å². The minimum absolute atomic E-state index is 0.0696. The van der Waals surface area contributed by atoms with E-state index in [0.29, 0.717) is 5.75 Å². The summed E-state index contributed by atoms with van der Waals surface area (Å²) >= 11 is 3.32. The van der Waals surface area contributed by atoms with Crippen LogP contribution in [-0.4, -0.2) is 5.97 Å². The molecular formula is C14H10BrFO2. The van der Waals surface area contributed by atoms with Crippen LogP contribution in [0.1, 0.15) is 15.9 Å². The van der Waals surface area contributed by atoms with Gasteiger partial charge in [-0.05, 0) is 42.8 Å². The van der Waals surface area contributed by atoms with Crippen LogP contribution in [0.2, 0.25) is 0 Å². The predicted octanol–water partition coefficient (Wildman–Crippen LogP) is 4.12. The van der Waals surface area contributed by atoms with Crippen LogP contribution in [0, 0.1) is 12.7 Å². The smallest absolute Gasteiger partial charge is 0.346 e. The first-order valence-corrected chi connectivity index (χ1v) is 6.10. The average Bonchev–Trinajstić information content (AvgIpc) is 2.33. The molecule has 0 radical (unpaired) electrons. The fourth-order valence-corrected chi connectivity index (χ4v) is 1.98. The number of benzene rings is 2. The highest BCUT2D eigenvalue weighted by molar-refractivity contribution is 9.10. The van der Waals surface area contributed by atoms with E-state index in [2.05, 4.69) is 15.9 Å². The molecule has 0 saturated heterocycles. The van der Waals surface area contributed by atoms with Gasteiger partial charge in [-0.2, -0.15) is 0 Å². The Balaban J connectivity index is 2.24. The molecule has 0 heterocycles. The Morgan fingerprint density at radius 2 is 1.94 bits per heavy atom. The van der Waals surface area contributed by atoms with E-state index < -0.39 is 11.8 Å². The van der Waals surface area contributed by atoms with Gasteiger partial charge in [0, 0.05) is 4.47 Å². The first-order chi connectivity index (χ1) is 8.58. The highest BCUT2D eigenvalue weighted by Gasteiger charge is 2.14. The summed E-state index contributed by atoms with van der Waals surface area (Å²) in [5.41, 5.74) is 0.730. The highest BCUT2D eigenvalue weighted by atomic mass is 79.9. The molecule has 0 aliphatic heterocycles. The Labute approximate surface area is 113 Å². The summed E-state index contributed by atoms with van der Waals surface area (Å²) in [6.07, 6.45) is 0. The minimum Gasteiger partial charge on any atom is -0.423 e. The third-order valence-corrected chi connectivity index (χ3v) is 2.93. The normalized spacial score (nSPS) is 10.2. The molecule has 0 saturated carbocycles. The van der Waals surface area contributed by atoms with Gasteiger partial charge in [-0.25, -0.2) is 9.18 Å². The molecule has 2 nitrogen and oxygen atoms in total. The molecule has 2 rings (SSSR count). The first-order valence-electron chi connectivity index (χ1n) is 5.31. The number of halogens is 2. The van der Waals surface area contributed by atoms with Gasteiger partial charge < -0.3 is 4.74 Å². The predicted molar refractivity (Wildman–Crippen MR) is 70.2 cm³/mol. The molecule has 0 aliphatic carbocycles. The van der Waals surface area contributed by atoms with Crippen LogP contribution < -0.4 is 4.74 Å². The summed E-state index contributed by atoms with van der Waals surface area (Å²) in [5, 5.41) is 0. The quantitative estimate of drug-likeness (QED) is 0.616. The van der Waals surface area contributed by atoms with Crippen molar-refractivity contribution in [2.45, 2.75) is 6.92 Å². The lowest BCUT2D eigenvalue weighted by Crippen LogP contribution is -2.11. The van der Waals surface area contributed by atoms with Crippen molar-refractivity contribution in [3.63, 3.8) is 0 Å². The third-order valence-electron chi connectivity index (χ3n) is 2.43. The van der Waals surface area contributed by atoms with Crippen LogP contribution in [0.25, 0.3) is 0 Å². The van der Waals surface area contributed by atoms with Gasteiger partial charge in [0.25, 0.3) is 0 Å². The SMILES string of the molecule is Cc1cc(Br)ccc1OC(=O)c1ccccc1F. The summed E-state index contributed by atoms with van der Waals surface area (Å²) in [7, 11) is 0. The van der Waals surface area contributed by atoms with E-state index in [1.165, 1.54) is 18.2 Å². The molecular weight excluding hydrogens is 299 g/mol. The third kappa shape index (κ3) is 2.76. The van der Waals surface area contributed by atoms with Crippen LogP contribution >= 0.6 is 15.9 Å². The number of aryl methyl sites for hydroxylation is 1. The van der Waals surface area contributed by atoms with E-state index >= 15 is 0 Å². The van der Waals surface area contributed by atoms with Crippen molar-refractivity contribution >= 4 is 21.9 Å². The Kier molecular flexibility index (Phi) is 3.77. The van der Waals surface area contributed by atoms with Gasteiger partial charge in [0.15, 0.2) is 0 Å². The Morgan fingerprint density at radius 3 is 2.61 bits per heavy atom. The number of ether oxygens (including phenoxy) is 1. The minimum atomic E-state index is -0.696. The van der Waals surface area contributed by atoms with Crippen LogP contribution in [0.5, 0.6) is 5.75 Å². The largest absolute Gasteiger partial charge is 0.423 e. The maximum atomic E-state index is 13.4. The van der Waals surface area contributed by atoms with Crippen molar-refractivity contribution in [2.24, 2.45) is 0 Å². The zero-order valence-corrected chi connectivity index (χ0v) is 11.2. The van der Waals surface area contributed by atoms with E-state index in [4.69, 9.17) is 4.74 Å². The van der Waals surface area contributed by atoms with Crippen molar-refractivity contribution in [1.82, 2.24) is 0 Å². The zero-order chi connectivity index (χ0) is 13.1. The molecule has 0 amide bonds. The standard InChI is InChI=1S/C14H10BrFO2/c1-9-8-10(15)6-7-13(9)18-14(17)11-4-2-3-5-12(11)16/h2-8H,1H3. The number of carbonyl (C=O) groups is 1. The molecule has 0 aromatic heterocycles. The maximum Gasteiger partial charge on any atom is 0.346 e. The number of hydrogen-bond donors (Lipinski definition) is 0. The van der Waals surface area contributed by atoms with Crippen molar-refractivity contribution in [3.05, 3.63) is 63.9 Å². The molecule has 0 atom stereocenters. The summed E-state index contributed by atoms with van der Waals surface area (Å²) in [5.74, 6) is -0.859. The van der Waals surface area contributed by atoms with Crippen LogP contribution in [-0.2, 0) is 0 Å². The fourth-order valence-electron chi connectivity index (χ4n) is 1.51. The average molecular weight is 309 g/mol. The second kappa shape index (κ2) is 5.31. The molecule has 0 spiro atoms. The topological polar surface area (TPSA) is 26.3 Å². The zero-order valence-electron chi connectivity index (χ0n) is 9.61. The fraction of sp³-hybridized carbons (Fsp3) is 0.0714. The lowest BCUT2D eigenvalue weighted by Gasteiger charge is -2.08. The van der Waals surface area contributed by atoms with Gasteiger partial charge in [-0.15, -0.1) is 0 Å². The summed E-state index contributed by atoms with van der Waals surface area (Å²) in [6.45, 7) is 1.81. The monoisotopic (exact) mass is 308 g/mol. The highest BCUT2D eigenvalue weighted by Crippen LogP contribution is 2.23. The van der Waals surface area contributed by atoms with Crippen molar-refractivity contribution in [2.75, 3.05) is 0 Å². The molecule has 2 aromatic rings. The van der Waals surface area contributed by atoms with E-state index in [0.717, 1.165) is 10.0 Å². The Hall–Kier alpha value is -1.68. The van der Waals surface area contributed by atoms with Crippen LogP contribution in [0.4, 0.5) is 4.39 Å². The van der Waals surface area contributed by atoms with Crippen LogP contribution in [0.3, 0.4) is 0 Å². The lowest BCUT2D eigenvalue weighted by atomic mass is 10.2. The van der Waals surface area contributed by atoms with Gasteiger partial charge in [0.1, 0.15) is 11.6 Å². The Bertz CT molecular complexity index is 596. The molecule has 92 valence electrons. The van der Waals surface area contributed by atoms with Crippen molar-refractivity contribution in [3.8, 4) is 5.75 Å². The second-order valence-electron chi connectivity index (χ2n) is 3.78. The summed E-state index contributed by atoms with van der Waals surface area (Å²) in [4.78, 5) is 11.8. The molecule has 0 unspecified atom stereocenters. The van der Waals surface area contributed by atoms with E-state index in [-0.39, 0.29) is 5.56 Å². The van der Waals surface area contributed by atoms with Gasteiger partial charge in [-0.3, -0.25) is 0 Å². The summed E-state index contributed by atoms with van der Waals surface area (Å²) < 4.78 is 19.5. The van der Waals surface area contributed by atoms with Gasteiger partial charge in [0.2, 0.25) is 0 Å².